The van der Waals surface area contributed by atoms with E-state index in [0.717, 1.165) is 30.0 Å². The van der Waals surface area contributed by atoms with E-state index in [1.165, 1.54) is 0 Å². The molecule has 0 spiro atoms. The predicted molar refractivity (Wildman–Crippen MR) is 72.8 cm³/mol. The monoisotopic (exact) mass is 277 g/mol. The van der Waals surface area contributed by atoms with Crippen molar-refractivity contribution in [3.05, 3.63) is 23.8 Å². The third kappa shape index (κ3) is 2.78. The van der Waals surface area contributed by atoms with Gasteiger partial charge in [-0.25, -0.2) is 0 Å². The van der Waals surface area contributed by atoms with Crippen LogP contribution in [-0.4, -0.2) is 31.3 Å². The number of nitrogens with one attached hydrogen (secondary N) is 1. The fourth-order valence-corrected chi connectivity index (χ4v) is 2.57. The molecule has 0 unspecified atom stereocenters. The second-order valence-electron chi connectivity index (χ2n) is 5.14. The highest BCUT2D eigenvalue weighted by atomic mass is 16.7. The van der Waals surface area contributed by atoms with Gasteiger partial charge in [-0.3, -0.25) is 4.79 Å². The molecule has 1 fully saturated rings. The van der Waals surface area contributed by atoms with Crippen molar-refractivity contribution >= 4 is 5.78 Å². The van der Waals surface area contributed by atoms with Crippen molar-refractivity contribution in [2.75, 3.05) is 13.3 Å². The Kier molecular flexibility index (Phi) is 3.89. The Morgan fingerprint density at radius 3 is 3.10 bits per heavy atom. The van der Waals surface area contributed by atoms with Crippen molar-refractivity contribution < 1.29 is 19.0 Å². The summed E-state index contributed by atoms with van der Waals surface area (Å²) >= 11 is 0. The fourth-order valence-electron chi connectivity index (χ4n) is 2.57. The molecule has 2 aliphatic rings. The van der Waals surface area contributed by atoms with Gasteiger partial charge >= 0.3 is 0 Å². The van der Waals surface area contributed by atoms with Crippen molar-refractivity contribution in [3.63, 3.8) is 0 Å². The molecule has 1 aromatic carbocycles. The minimum atomic E-state index is -0.0400. The molecule has 3 rings (SSSR count). The smallest absolute Gasteiger partial charge is 0.231 e. The zero-order valence-electron chi connectivity index (χ0n) is 11.6. The summed E-state index contributed by atoms with van der Waals surface area (Å²) in [5.74, 6) is 1.82. The van der Waals surface area contributed by atoms with E-state index in [1.807, 2.05) is 25.1 Å². The van der Waals surface area contributed by atoms with Crippen LogP contribution in [-0.2, 0) is 16.1 Å². The normalized spacial score (nSPS) is 24.1. The SMILES string of the molecule is CCC(=O)[C@H]1C[C@@H](OCc2ccc3c(c2)OCO3)CN1. The molecule has 0 aliphatic carbocycles. The number of ketones is 1. The summed E-state index contributed by atoms with van der Waals surface area (Å²) in [6.45, 7) is 3.44. The molecule has 0 saturated carbocycles. The lowest BCUT2D eigenvalue weighted by atomic mass is 10.1. The molecule has 0 aromatic heterocycles. The lowest BCUT2D eigenvalue weighted by Crippen LogP contribution is -2.29. The standard InChI is InChI=1S/C15H19NO4/c1-2-13(17)12-6-11(7-16-12)18-8-10-3-4-14-15(5-10)20-9-19-14/h3-5,11-12,16H,2,6-9H2,1H3/t11-,12-/m1/s1. The van der Waals surface area contributed by atoms with Crippen LogP contribution >= 0.6 is 0 Å². The number of hydrogen-bond acceptors (Lipinski definition) is 5. The van der Waals surface area contributed by atoms with Crippen LogP contribution in [0, 0.1) is 0 Å². The van der Waals surface area contributed by atoms with Gasteiger partial charge in [0.2, 0.25) is 6.79 Å². The largest absolute Gasteiger partial charge is 0.454 e. The first-order chi connectivity index (χ1) is 9.76. The quantitative estimate of drug-likeness (QED) is 0.886. The lowest BCUT2D eigenvalue weighted by Gasteiger charge is -2.11. The van der Waals surface area contributed by atoms with Crippen molar-refractivity contribution in [1.82, 2.24) is 5.32 Å². The number of rotatable bonds is 5. The molecule has 0 amide bonds. The predicted octanol–water partition coefficient (Wildman–Crippen LogP) is 1.64. The first-order valence-corrected chi connectivity index (χ1v) is 7.02. The van der Waals surface area contributed by atoms with Gasteiger partial charge in [-0.2, -0.15) is 0 Å². The second kappa shape index (κ2) is 5.81. The van der Waals surface area contributed by atoms with Crippen molar-refractivity contribution in [3.8, 4) is 11.5 Å². The van der Waals surface area contributed by atoms with Gasteiger partial charge < -0.3 is 19.5 Å². The third-order valence-corrected chi connectivity index (χ3v) is 3.75. The highest BCUT2D eigenvalue weighted by Gasteiger charge is 2.28. The molecule has 5 nitrogen and oxygen atoms in total. The Bertz CT molecular complexity index is 503. The van der Waals surface area contributed by atoms with Gasteiger partial charge in [0.25, 0.3) is 0 Å². The van der Waals surface area contributed by atoms with Crippen molar-refractivity contribution in [2.24, 2.45) is 0 Å². The van der Waals surface area contributed by atoms with Crippen LogP contribution in [0.2, 0.25) is 0 Å². The molecule has 1 saturated heterocycles. The summed E-state index contributed by atoms with van der Waals surface area (Å²) in [5.41, 5.74) is 1.06. The van der Waals surface area contributed by atoms with E-state index >= 15 is 0 Å². The molecule has 2 atom stereocenters. The number of hydrogen-bond donors (Lipinski definition) is 1. The van der Waals surface area contributed by atoms with Gasteiger partial charge in [0.1, 0.15) is 5.78 Å². The maximum Gasteiger partial charge on any atom is 0.231 e. The molecule has 0 bridgehead atoms. The second-order valence-corrected chi connectivity index (χ2v) is 5.14. The van der Waals surface area contributed by atoms with Crippen LogP contribution in [0.4, 0.5) is 0 Å². The van der Waals surface area contributed by atoms with Crippen LogP contribution in [0.1, 0.15) is 25.3 Å². The number of fused-ring (bicyclic) bond motifs is 1. The average Bonchev–Trinajstić information content (AvgIpc) is 3.12. The van der Waals surface area contributed by atoms with E-state index in [2.05, 4.69) is 5.32 Å². The number of ether oxygens (including phenoxy) is 3. The van der Waals surface area contributed by atoms with Crippen LogP contribution in [0.3, 0.4) is 0 Å². The van der Waals surface area contributed by atoms with Crippen LogP contribution < -0.4 is 14.8 Å². The van der Waals surface area contributed by atoms with Crippen molar-refractivity contribution in [1.29, 1.82) is 0 Å². The van der Waals surface area contributed by atoms with E-state index in [-0.39, 0.29) is 24.7 Å². The number of carbonyl (C=O) groups excluding carboxylic acids is 1. The summed E-state index contributed by atoms with van der Waals surface area (Å²) < 4.78 is 16.5. The number of benzene rings is 1. The Hall–Kier alpha value is -1.59. The summed E-state index contributed by atoms with van der Waals surface area (Å²) in [7, 11) is 0. The highest BCUT2D eigenvalue weighted by molar-refractivity contribution is 5.84. The van der Waals surface area contributed by atoms with E-state index in [9.17, 15) is 4.79 Å². The van der Waals surface area contributed by atoms with E-state index in [0.29, 0.717) is 13.0 Å². The molecule has 1 N–H and O–H groups in total. The van der Waals surface area contributed by atoms with Crippen LogP contribution in [0.25, 0.3) is 0 Å². The van der Waals surface area contributed by atoms with Crippen LogP contribution in [0.5, 0.6) is 11.5 Å². The molecule has 2 heterocycles. The zero-order chi connectivity index (χ0) is 13.9. The van der Waals surface area contributed by atoms with Gasteiger partial charge in [0.05, 0.1) is 18.8 Å². The van der Waals surface area contributed by atoms with Gasteiger partial charge in [-0.15, -0.1) is 0 Å². The fraction of sp³-hybridized carbons (Fsp3) is 0.533. The van der Waals surface area contributed by atoms with E-state index < -0.39 is 0 Å². The summed E-state index contributed by atoms with van der Waals surface area (Å²) in [5, 5.41) is 3.22. The molecule has 20 heavy (non-hydrogen) atoms. The third-order valence-electron chi connectivity index (χ3n) is 3.75. The lowest BCUT2D eigenvalue weighted by molar-refractivity contribution is -0.120. The molecule has 0 radical (unpaired) electrons. The van der Waals surface area contributed by atoms with Crippen molar-refractivity contribution in [2.45, 2.75) is 38.5 Å². The molecular weight excluding hydrogens is 258 g/mol. The molecule has 5 heteroatoms. The highest BCUT2D eigenvalue weighted by Crippen LogP contribution is 2.32. The minimum Gasteiger partial charge on any atom is -0.454 e. The molecule has 2 aliphatic heterocycles. The number of carbonyl (C=O) groups is 1. The summed E-state index contributed by atoms with van der Waals surface area (Å²) in [6, 6.07) is 5.78. The first-order valence-electron chi connectivity index (χ1n) is 7.02. The van der Waals surface area contributed by atoms with Crippen LogP contribution in [0.15, 0.2) is 18.2 Å². The van der Waals surface area contributed by atoms with Gasteiger partial charge in [-0.1, -0.05) is 13.0 Å². The average molecular weight is 277 g/mol. The van der Waals surface area contributed by atoms with Gasteiger partial charge in [0, 0.05) is 13.0 Å². The van der Waals surface area contributed by atoms with E-state index in [1.54, 1.807) is 0 Å². The zero-order valence-corrected chi connectivity index (χ0v) is 11.6. The summed E-state index contributed by atoms with van der Waals surface area (Å²) in [6.07, 6.45) is 1.44. The van der Waals surface area contributed by atoms with Gasteiger partial charge in [-0.05, 0) is 24.1 Å². The summed E-state index contributed by atoms with van der Waals surface area (Å²) in [4.78, 5) is 11.6. The topological polar surface area (TPSA) is 56.8 Å². The Balaban J connectivity index is 1.52. The Morgan fingerprint density at radius 1 is 1.40 bits per heavy atom. The molecule has 108 valence electrons. The Labute approximate surface area is 118 Å². The first kappa shape index (κ1) is 13.4. The molecule has 1 aromatic rings. The van der Waals surface area contributed by atoms with Gasteiger partial charge in [0.15, 0.2) is 11.5 Å². The van der Waals surface area contributed by atoms with E-state index in [4.69, 9.17) is 14.2 Å². The number of Topliss-reactive ketones (excluding diaryl/α,β-unsaturated/α-hetero) is 1. The minimum absolute atomic E-state index is 0.0400. The maximum atomic E-state index is 11.6. The molecular formula is C15H19NO4. The Morgan fingerprint density at radius 2 is 2.25 bits per heavy atom. The maximum absolute atomic E-state index is 11.6.